The molecule has 0 radical (unpaired) electrons. The fourth-order valence-electron chi connectivity index (χ4n) is 2.48. The zero-order valence-electron chi connectivity index (χ0n) is 14.3. The molecule has 1 fully saturated rings. The fraction of sp³-hybridized carbons (Fsp3) is 0.412. The zero-order chi connectivity index (χ0) is 19.1. The molecule has 26 heavy (non-hydrogen) atoms. The van der Waals surface area contributed by atoms with Crippen molar-refractivity contribution in [1.82, 2.24) is 15.5 Å². The van der Waals surface area contributed by atoms with E-state index in [1.165, 1.54) is 4.90 Å². The van der Waals surface area contributed by atoms with E-state index in [-0.39, 0.29) is 23.0 Å². The van der Waals surface area contributed by atoms with Crippen molar-refractivity contribution in [2.24, 2.45) is 0 Å². The minimum absolute atomic E-state index is 0.0676. The fourth-order valence-corrected chi connectivity index (χ4v) is 3.01. The highest BCUT2D eigenvalue weighted by Gasteiger charge is 2.34. The molecular formula is C17H20ClN3O4S. The summed E-state index contributed by atoms with van der Waals surface area (Å²) < 4.78 is 5.04. The van der Waals surface area contributed by atoms with Crippen molar-refractivity contribution >= 4 is 46.7 Å². The highest BCUT2D eigenvalue weighted by Crippen LogP contribution is 2.15. The number of ether oxygens (including phenoxy) is 1. The third kappa shape index (κ3) is 5.15. The minimum atomic E-state index is -0.827. The first-order chi connectivity index (χ1) is 12.4. The average molecular weight is 398 g/mol. The van der Waals surface area contributed by atoms with Crippen LogP contribution < -0.4 is 10.6 Å². The van der Waals surface area contributed by atoms with E-state index in [4.69, 9.17) is 28.6 Å². The number of halogens is 1. The van der Waals surface area contributed by atoms with E-state index >= 15 is 0 Å². The Morgan fingerprint density at radius 1 is 1.42 bits per heavy atom. The summed E-state index contributed by atoms with van der Waals surface area (Å²) in [6, 6.07) is 5.74. The Labute approximate surface area is 162 Å². The molecule has 0 aliphatic carbocycles. The van der Waals surface area contributed by atoms with Crippen LogP contribution in [0.3, 0.4) is 0 Å². The second-order valence-corrected chi connectivity index (χ2v) is 6.46. The topological polar surface area (TPSA) is 87.7 Å². The molecule has 1 aliphatic rings. The van der Waals surface area contributed by atoms with E-state index in [1.807, 2.05) is 6.92 Å². The molecule has 0 spiro atoms. The van der Waals surface area contributed by atoms with Crippen molar-refractivity contribution in [2.75, 3.05) is 19.7 Å². The number of carbonyl (C=O) groups is 3. The number of nitrogens with zero attached hydrogens (tertiary/aromatic N) is 1. The molecule has 1 atom stereocenters. The third-order valence-electron chi connectivity index (χ3n) is 3.76. The van der Waals surface area contributed by atoms with Crippen LogP contribution in [-0.2, 0) is 14.3 Å². The van der Waals surface area contributed by atoms with E-state index < -0.39 is 17.9 Å². The van der Waals surface area contributed by atoms with Crippen LogP contribution in [0.25, 0.3) is 0 Å². The largest absolute Gasteiger partial charge is 0.466 e. The summed E-state index contributed by atoms with van der Waals surface area (Å²) in [5.41, 5.74) is 0.275. The van der Waals surface area contributed by atoms with Gasteiger partial charge in [-0.25, -0.2) is 0 Å². The van der Waals surface area contributed by atoms with Gasteiger partial charge in [0.25, 0.3) is 5.91 Å². The van der Waals surface area contributed by atoms with Gasteiger partial charge in [-0.1, -0.05) is 30.7 Å². The molecule has 1 aromatic carbocycles. The SMILES string of the molecule is CCCOC(=O)C[C@H]1C(=O)NCCN1C(=S)NC(=O)c1ccccc1Cl. The summed E-state index contributed by atoms with van der Waals surface area (Å²) in [5.74, 6) is -1.29. The standard InChI is InChI=1S/C17H20ClN3O4S/c1-2-9-25-14(22)10-13-16(24)19-7-8-21(13)17(26)20-15(23)11-5-3-4-6-12(11)18/h3-6,13H,2,7-10H2,1H3,(H,19,24)(H,20,23,26)/t13-/m0/s1. The van der Waals surface area contributed by atoms with E-state index in [9.17, 15) is 14.4 Å². The van der Waals surface area contributed by atoms with Gasteiger partial charge in [-0.15, -0.1) is 0 Å². The van der Waals surface area contributed by atoms with Gasteiger partial charge in [0.2, 0.25) is 5.91 Å². The molecule has 0 saturated carbocycles. The molecule has 1 aliphatic heterocycles. The maximum atomic E-state index is 12.4. The molecule has 9 heteroatoms. The Morgan fingerprint density at radius 3 is 2.85 bits per heavy atom. The van der Waals surface area contributed by atoms with Gasteiger partial charge >= 0.3 is 5.97 Å². The average Bonchev–Trinajstić information content (AvgIpc) is 2.61. The van der Waals surface area contributed by atoms with Crippen molar-refractivity contribution in [3.05, 3.63) is 34.9 Å². The number of rotatable bonds is 5. The molecule has 140 valence electrons. The van der Waals surface area contributed by atoms with Gasteiger partial charge in [0.15, 0.2) is 5.11 Å². The first kappa shape index (κ1) is 20.1. The second kappa shape index (κ2) is 9.49. The van der Waals surface area contributed by atoms with Crippen LogP contribution in [0, 0.1) is 0 Å². The Kier molecular flexibility index (Phi) is 7.35. The van der Waals surface area contributed by atoms with Crippen LogP contribution in [0.5, 0.6) is 0 Å². The van der Waals surface area contributed by atoms with Crippen LogP contribution in [0.15, 0.2) is 24.3 Å². The van der Waals surface area contributed by atoms with Crippen LogP contribution in [-0.4, -0.2) is 53.5 Å². The van der Waals surface area contributed by atoms with E-state index in [0.717, 1.165) is 0 Å². The summed E-state index contributed by atoms with van der Waals surface area (Å²) in [5, 5.41) is 5.63. The van der Waals surface area contributed by atoms with Gasteiger partial charge in [-0.2, -0.15) is 0 Å². The van der Waals surface area contributed by atoms with Crippen LogP contribution in [0.2, 0.25) is 5.02 Å². The lowest BCUT2D eigenvalue weighted by Gasteiger charge is -2.36. The van der Waals surface area contributed by atoms with Gasteiger partial charge in [0.1, 0.15) is 6.04 Å². The molecular weight excluding hydrogens is 378 g/mol. The maximum Gasteiger partial charge on any atom is 0.308 e. The molecule has 1 saturated heterocycles. The number of hydrogen-bond acceptors (Lipinski definition) is 5. The van der Waals surface area contributed by atoms with E-state index in [2.05, 4.69) is 10.6 Å². The number of hydrogen-bond donors (Lipinski definition) is 2. The highest BCUT2D eigenvalue weighted by atomic mass is 35.5. The van der Waals surface area contributed by atoms with Gasteiger partial charge in [-0.3, -0.25) is 19.7 Å². The third-order valence-corrected chi connectivity index (χ3v) is 4.42. The Hall–Kier alpha value is -2.19. The minimum Gasteiger partial charge on any atom is -0.466 e. The Bertz CT molecular complexity index is 713. The number of esters is 1. The molecule has 2 amide bonds. The molecule has 7 nitrogen and oxygen atoms in total. The van der Waals surface area contributed by atoms with Gasteiger partial charge in [0, 0.05) is 13.1 Å². The normalized spacial score (nSPS) is 16.6. The number of thiocarbonyl (C=S) groups is 1. The zero-order valence-corrected chi connectivity index (χ0v) is 15.9. The summed E-state index contributed by atoms with van der Waals surface area (Å²) >= 11 is 11.3. The van der Waals surface area contributed by atoms with Crippen LogP contribution in [0.4, 0.5) is 0 Å². The summed E-state index contributed by atoms with van der Waals surface area (Å²) in [6.45, 7) is 2.91. The monoisotopic (exact) mass is 397 g/mol. The van der Waals surface area contributed by atoms with E-state index in [0.29, 0.717) is 31.1 Å². The number of nitrogens with one attached hydrogen (secondary N) is 2. The molecule has 2 N–H and O–H groups in total. The summed E-state index contributed by atoms with van der Waals surface area (Å²) in [7, 11) is 0. The summed E-state index contributed by atoms with van der Waals surface area (Å²) in [6.07, 6.45) is 0.548. The molecule has 2 rings (SSSR count). The van der Waals surface area contributed by atoms with Crippen LogP contribution >= 0.6 is 23.8 Å². The predicted octanol–water partition coefficient (Wildman–Crippen LogP) is 1.50. The van der Waals surface area contributed by atoms with Crippen molar-refractivity contribution < 1.29 is 19.1 Å². The first-order valence-electron chi connectivity index (χ1n) is 8.23. The molecule has 0 bridgehead atoms. The number of carbonyl (C=O) groups excluding carboxylic acids is 3. The Morgan fingerprint density at radius 2 is 2.15 bits per heavy atom. The molecule has 1 aromatic rings. The molecule has 0 aromatic heterocycles. The predicted molar refractivity (Wildman–Crippen MR) is 101 cm³/mol. The lowest BCUT2D eigenvalue weighted by Crippen LogP contribution is -2.60. The van der Waals surface area contributed by atoms with Crippen LogP contribution in [0.1, 0.15) is 30.1 Å². The van der Waals surface area contributed by atoms with Crippen molar-refractivity contribution in [3.63, 3.8) is 0 Å². The lowest BCUT2D eigenvalue weighted by atomic mass is 10.1. The highest BCUT2D eigenvalue weighted by molar-refractivity contribution is 7.80. The number of amides is 2. The van der Waals surface area contributed by atoms with Crippen molar-refractivity contribution in [2.45, 2.75) is 25.8 Å². The second-order valence-electron chi connectivity index (χ2n) is 5.66. The van der Waals surface area contributed by atoms with Crippen molar-refractivity contribution in [1.29, 1.82) is 0 Å². The van der Waals surface area contributed by atoms with Gasteiger partial charge in [-0.05, 0) is 30.8 Å². The van der Waals surface area contributed by atoms with Gasteiger partial charge in [0.05, 0.1) is 23.6 Å². The van der Waals surface area contributed by atoms with Gasteiger partial charge < -0.3 is 15.0 Å². The molecule has 1 heterocycles. The lowest BCUT2D eigenvalue weighted by molar-refractivity contribution is -0.147. The van der Waals surface area contributed by atoms with E-state index in [1.54, 1.807) is 24.3 Å². The number of benzene rings is 1. The van der Waals surface area contributed by atoms with Crippen molar-refractivity contribution in [3.8, 4) is 0 Å². The maximum absolute atomic E-state index is 12.4. The number of piperazine rings is 1. The summed E-state index contributed by atoms with van der Waals surface area (Å²) in [4.78, 5) is 38.0. The molecule has 0 unspecified atom stereocenters. The quantitative estimate of drug-likeness (QED) is 0.578. The Balaban J connectivity index is 2.06. The smallest absolute Gasteiger partial charge is 0.308 e. The first-order valence-corrected chi connectivity index (χ1v) is 9.02.